The molecule has 0 radical (unpaired) electrons. The van der Waals surface area contributed by atoms with Crippen LogP contribution < -0.4 is 10.2 Å². The van der Waals surface area contributed by atoms with Gasteiger partial charge in [-0.2, -0.15) is 0 Å². The number of carbonyl (C=O) groups excluding carboxylic acids is 2. The highest BCUT2D eigenvalue weighted by molar-refractivity contribution is 9.10. The number of amides is 2. The lowest BCUT2D eigenvalue weighted by Gasteiger charge is -2.19. The van der Waals surface area contributed by atoms with Crippen LogP contribution in [0.15, 0.2) is 59.1 Å². The first kappa shape index (κ1) is 16.7. The molecule has 1 N–H and O–H groups in total. The van der Waals surface area contributed by atoms with Crippen LogP contribution in [0.25, 0.3) is 0 Å². The van der Waals surface area contributed by atoms with Gasteiger partial charge in [-0.05, 0) is 43.2 Å². The number of rotatable bonds is 4. The standard InChI is InChI=1S/C19H19BrN2O2/c1-13(14-5-3-2-4-6-14)21-18(23)17-11-12-22(19(17)24)16-9-7-15(20)8-10-16/h2-10,13,17H,11-12H2,1H3,(H,21,23)/t13-,17+/m1/s1. The quantitative estimate of drug-likeness (QED) is 0.814. The van der Waals surface area contributed by atoms with Crippen molar-refractivity contribution >= 4 is 33.4 Å². The molecule has 124 valence electrons. The molecular weight excluding hydrogens is 368 g/mol. The minimum Gasteiger partial charge on any atom is -0.349 e. The predicted molar refractivity (Wildman–Crippen MR) is 97.6 cm³/mol. The molecule has 1 saturated heterocycles. The molecule has 2 aromatic carbocycles. The van der Waals surface area contributed by atoms with Gasteiger partial charge < -0.3 is 10.2 Å². The summed E-state index contributed by atoms with van der Waals surface area (Å²) in [7, 11) is 0. The molecule has 0 bridgehead atoms. The molecule has 0 spiro atoms. The van der Waals surface area contributed by atoms with Crippen molar-refractivity contribution in [2.45, 2.75) is 19.4 Å². The normalized spacial score (nSPS) is 18.5. The van der Waals surface area contributed by atoms with E-state index in [0.717, 1.165) is 15.7 Å². The summed E-state index contributed by atoms with van der Waals surface area (Å²) in [6, 6.07) is 17.2. The Morgan fingerprint density at radius 1 is 1.17 bits per heavy atom. The Morgan fingerprint density at radius 3 is 2.50 bits per heavy atom. The van der Waals surface area contributed by atoms with E-state index >= 15 is 0 Å². The molecule has 2 aromatic rings. The van der Waals surface area contributed by atoms with Gasteiger partial charge in [0.2, 0.25) is 11.8 Å². The molecule has 0 saturated carbocycles. The van der Waals surface area contributed by atoms with Crippen molar-refractivity contribution in [1.82, 2.24) is 5.32 Å². The molecule has 4 nitrogen and oxygen atoms in total. The van der Waals surface area contributed by atoms with Crippen molar-refractivity contribution in [3.05, 3.63) is 64.6 Å². The van der Waals surface area contributed by atoms with Crippen LogP contribution in [0.2, 0.25) is 0 Å². The molecule has 0 unspecified atom stereocenters. The van der Waals surface area contributed by atoms with E-state index in [0.29, 0.717) is 13.0 Å². The van der Waals surface area contributed by atoms with Crippen LogP contribution in [0.5, 0.6) is 0 Å². The van der Waals surface area contributed by atoms with Crippen LogP contribution in [-0.2, 0) is 9.59 Å². The fraction of sp³-hybridized carbons (Fsp3) is 0.263. The number of benzene rings is 2. The summed E-state index contributed by atoms with van der Waals surface area (Å²) >= 11 is 3.39. The molecule has 0 aromatic heterocycles. The number of nitrogens with one attached hydrogen (secondary N) is 1. The van der Waals surface area contributed by atoms with E-state index in [4.69, 9.17) is 0 Å². The highest BCUT2D eigenvalue weighted by Crippen LogP contribution is 2.27. The molecule has 0 aliphatic carbocycles. The maximum absolute atomic E-state index is 12.6. The zero-order chi connectivity index (χ0) is 17.1. The summed E-state index contributed by atoms with van der Waals surface area (Å²) in [5.41, 5.74) is 1.86. The van der Waals surface area contributed by atoms with Crippen molar-refractivity contribution < 1.29 is 9.59 Å². The van der Waals surface area contributed by atoms with Gasteiger partial charge in [0.1, 0.15) is 5.92 Å². The predicted octanol–water partition coefficient (Wildman–Crippen LogP) is 3.68. The van der Waals surface area contributed by atoms with Gasteiger partial charge in [-0.15, -0.1) is 0 Å². The fourth-order valence-corrected chi connectivity index (χ4v) is 3.20. The average molecular weight is 387 g/mol. The summed E-state index contributed by atoms with van der Waals surface area (Å²) in [6.45, 7) is 2.50. The minimum atomic E-state index is -0.611. The third kappa shape index (κ3) is 3.51. The van der Waals surface area contributed by atoms with Crippen molar-refractivity contribution in [1.29, 1.82) is 0 Å². The largest absolute Gasteiger partial charge is 0.349 e. The van der Waals surface area contributed by atoms with E-state index in [1.807, 2.05) is 61.5 Å². The Balaban J connectivity index is 1.66. The molecule has 1 heterocycles. The van der Waals surface area contributed by atoms with E-state index in [-0.39, 0.29) is 17.9 Å². The van der Waals surface area contributed by atoms with Crippen LogP contribution in [0, 0.1) is 5.92 Å². The highest BCUT2D eigenvalue weighted by atomic mass is 79.9. The maximum Gasteiger partial charge on any atom is 0.239 e. The zero-order valence-corrected chi connectivity index (χ0v) is 15.0. The number of anilines is 1. The van der Waals surface area contributed by atoms with E-state index in [1.54, 1.807) is 4.90 Å². The SMILES string of the molecule is C[C@@H](NC(=O)[C@@H]1CCN(c2ccc(Br)cc2)C1=O)c1ccccc1. The average Bonchev–Trinajstić information content (AvgIpc) is 2.98. The van der Waals surface area contributed by atoms with E-state index in [2.05, 4.69) is 21.2 Å². The van der Waals surface area contributed by atoms with E-state index in [1.165, 1.54) is 0 Å². The zero-order valence-electron chi connectivity index (χ0n) is 13.4. The maximum atomic E-state index is 12.6. The van der Waals surface area contributed by atoms with Crippen molar-refractivity contribution in [2.75, 3.05) is 11.4 Å². The lowest BCUT2D eigenvalue weighted by atomic mass is 10.0. The van der Waals surface area contributed by atoms with Crippen molar-refractivity contribution in [2.24, 2.45) is 5.92 Å². The summed E-state index contributed by atoms with van der Waals surface area (Å²) < 4.78 is 0.962. The lowest BCUT2D eigenvalue weighted by molar-refractivity contribution is -0.132. The number of hydrogen-bond donors (Lipinski definition) is 1. The van der Waals surface area contributed by atoms with Gasteiger partial charge in [0.25, 0.3) is 0 Å². The Morgan fingerprint density at radius 2 is 1.83 bits per heavy atom. The number of nitrogens with zero attached hydrogens (tertiary/aromatic N) is 1. The molecule has 5 heteroatoms. The Hall–Kier alpha value is -2.14. The third-order valence-electron chi connectivity index (χ3n) is 4.32. The molecule has 1 fully saturated rings. The van der Waals surface area contributed by atoms with Gasteiger partial charge in [0.05, 0.1) is 6.04 Å². The van der Waals surface area contributed by atoms with Crippen LogP contribution >= 0.6 is 15.9 Å². The Labute approximate surface area is 150 Å². The van der Waals surface area contributed by atoms with Crippen LogP contribution in [0.3, 0.4) is 0 Å². The second-order valence-electron chi connectivity index (χ2n) is 5.95. The molecule has 2 atom stereocenters. The third-order valence-corrected chi connectivity index (χ3v) is 4.85. The van der Waals surface area contributed by atoms with Gasteiger partial charge in [-0.25, -0.2) is 0 Å². The summed E-state index contributed by atoms with van der Waals surface area (Å²) in [5, 5.41) is 2.96. The van der Waals surface area contributed by atoms with E-state index < -0.39 is 5.92 Å². The molecular formula is C19H19BrN2O2. The fourth-order valence-electron chi connectivity index (χ4n) is 2.94. The first-order valence-corrected chi connectivity index (χ1v) is 8.78. The van der Waals surface area contributed by atoms with Gasteiger partial charge in [0, 0.05) is 16.7 Å². The molecule has 2 amide bonds. The Bertz CT molecular complexity index is 731. The van der Waals surface area contributed by atoms with Gasteiger partial charge >= 0.3 is 0 Å². The molecule has 1 aliphatic rings. The topological polar surface area (TPSA) is 49.4 Å². The van der Waals surface area contributed by atoms with Gasteiger partial charge in [0.15, 0.2) is 0 Å². The minimum absolute atomic E-state index is 0.117. The van der Waals surface area contributed by atoms with Crippen LogP contribution in [0.1, 0.15) is 24.9 Å². The van der Waals surface area contributed by atoms with Crippen molar-refractivity contribution in [3.63, 3.8) is 0 Å². The molecule has 24 heavy (non-hydrogen) atoms. The van der Waals surface area contributed by atoms with Crippen LogP contribution in [-0.4, -0.2) is 18.4 Å². The summed E-state index contributed by atoms with van der Waals surface area (Å²) in [4.78, 5) is 26.8. The first-order chi connectivity index (χ1) is 11.6. The molecule has 1 aliphatic heterocycles. The summed E-state index contributed by atoms with van der Waals surface area (Å²) in [5.74, 6) is -0.939. The lowest BCUT2D eigenvalue weighted by Crippen LogP contribution is -2.38. The first-order valence-electron chi connectivity index (χ1n) is 7.98. The highest BCUT2D eigenvalue weighted by Gasteiger charge is 2.37. The number of halogens is 1. The number of carbonyl (C=O) groups is 2. The monoisotopic (exact) mass is 386 g/mol. The van der Waals surface area contributed by atoms with Gasteiger partial charge in [-0.3, -0.25) is 9.59 Å². The number of hydrogen-bond acceptors (Lipinski definition) is 2. The van der Waals surface area contributed by atoms with Crippen LogP contribution in [0.4, 0.5) is 5.69 Å². The second kappa shape index (κ2) is 7.18. The molecule has 3 rings (SSSR count). The van der Waals surface area contributed by atoms with E-state index in [9.17, 15) is 9.59 Å². The van der Waals surface area contributed by atoms with Crippen molar-refractivity contribution in [3.8, 4) is 0 Å². The van der Waals surface area contributed by atoms with Gasteiger partial charge in [-0.1, -0.05) is 46.3 Å². The summed E-state index contributed by atoms with van der Waals surface area (Å²) in [6.07, 6.45) is 0.544. The Kier molecular flexibility index (Phi) is 5.00. The second-order valence-corrected chi connectivity index (χ2v) is 6.86. The smallest absolute Gasteiger partial charge is 0.239 e.